The lowest BCUT2D eigenvalue weighted by atomic mass is 10.2. The van der Waals surface area contributed by atoms with E-state index in [2.05, 4.69) is 4.72 Å². The van der Waals surface area contributed by atoms with Gasteiger partial charge in [-0.05, 0) is 49.4 Å². The number of nitrogens with one attached hydrogen (secondary N) is 1. The highest BCUT2D eigenvalue weighted by molar-refractivity contribution is 7.97. The number of ether oxygens (including phenoxy) is 1. The molecular weight excluding hydrogens is 351 g/mol. The smallest absolute Gasteiger partial charge is 0.165 e. The lowest BCUT2D eigenvalue weighted by molar-refractivity contribution is 0.288. The fraction of sp³-hybridized carbons (Fsp3) is 0.700. The van der Waals surface area contributed by atoms with Gasteiger partial charge in [0.15, 0.2) is 11.6 Å². The maximum absolute atomic E-state index is 13.7. The maximum Gasteiger partial charge on any atom is 0.165 e. The van der Waals surface area contributed by atoms with Crippen LogP contribution in [0.2, 0.25) is 0 Å². The number of unbranched alkanes of at least 4 members (excludes halogenated alkanes) is 2. The highest BCUT2D eigenvalue weighted by Crippen LogP contribution is 2.32. The Balaban J connectivity index is 0.00000146. The molecule has 0 bridgehead atoms. The van der Waals surface area contributed by atoms with Crippen LogP contribution in [-0.2, 0) is 6.54 Å². The molecule has 1 aromatic rings. The Kier molecular flexibility index (Phi) is 17.0. The van der Waals surface area contributed by atoms with Gasteiger partial charge in [-0.3, -0.25) is 4.72 Å². The minimum absolute atomic E-state index is 0.269. The number of nitrogens with two attached hydrogens (primary N) is 1. The average Bonchev–Trinajstić information content (AvgIpc) is 3.51. The number of hydrogen-bond acceptors (Lipinski definition) is 5. The van der Waals surface area contributed by atoms with Crippen LogP contribution in [0.3, 0.4) is 0 Å². The summed E-state index contributed by atoms with van der Waals surface area (Å²) in [5, 5.41) is 7.00. The minimum atomic E-state index is -0.269. The van der Waals surface area contributed by atoms with Crippen molar-refractivity contribution in [3.05, 3.63) is 29.6 Å². The largest absolute Gasteiger partial charge is 0.490 e. The summed E-state index contributed by atoms with van der Waals surface area (Å²) < 4.78 is 22.6. The van der Waals surface area contributed by atoms with E-state index in [4.69, 9.17) is 15.6 Å². The molecule has 0 amide bonds. The molecule has 0 spiro atoms. The van der Waals surface area contributed by atoms with E-state index in [-0.39, 0.29) is 5.82 Å². The van der Waals surface area contributed by atoms with Gasteiger partial charge in [0.2, 0.25) is 0 Å². The lowest BCUT2D eigenvalue weighted by Crippen LogP contribution is -2.06. The summed E-state index contributed by atoms with van der Waals surface area (Å²) in [6, 6.07) is 5.12. The molecule has 0 heterocycles. The minimum Gasteiger partial charge on any atom is -0.490 e. The van der Waals surface area contributed by atoms with Crippen molar-refractivity contribution in [2.75, 3.05) is 26.0 Å². The Bertz CT molecular complexity index is 446. The standard InChI is InChI=1S/C17H27FN2OS.C2H6.CH4O/c18-16-7-6-15(13-20-22-11-3-1-2-9-19)12-17(16)21-10-8-14-4-5-14;2*1-2/h6-7,12,14,20H,1-5,8-11,13,19H2;1-2H3;2H,1H3. The van der Waals surface area contributed by atoms with E-state index < -0.39 is 0 Å². The molecule has 2 rings (SSSR count). The number of benzene rings is 1. The molecular formula is C20H37FN2O2S. The molecule has 1 aromatic carbocycles. The fourth-order valence-corrected chi connectivity index (χ4v) is 2.97. The average molecular weight is 389 g/mol. The Morgan fingerprint density at radius 3 is 2.62 bits per heavy atom. The van der Waals surface area contributed by atoms with E-state index in [1.165, 1.54) is 31.7 Å². The van der Waals surface area contributed by atoms with Crippen molar-refractivity contribution in [2.45, 2.75) is 58.9 Å². The van der Waals surface area contributed by atoms with E-state index in [1.807, 2.05) is 26.0 Å². The predicted octanol–water partition coefficient (Wildman–Crippen LogP) is 4.51. The number of aliphatic hydroxyl groups excluding tert-OH is 1. The third kappa shape index (κ3) is 12.5. The van der Waals surface area contributed by atoms with Crippen LogP contribution in [0, 0.1) is 11.7 Å². The molecule has 26 heavy (non-hydrogen) atoms. The van der Waals surface area contributed by atoms with Crippen molar-refractivity contribution >= 4 is 11.9 Å². The van der Waals surface area contributed by atoms with Crippen LogP contribution in [0.25, 0.3) is 0 Å². The molecule has 0 unspecified atom stereocenters. The monoisotopic (exact) mass is 388 g/mol. The zero-order valence-electron chi connectivity index (χ0n) is 16.6. The lowest BCUT2D eigenvalue weighted by Gasteiger charge is -2.09. The zero-order valence-corrected chi connectivity index (χ0v) is 17.4. The highest BCUT2D eigenvalue weighted by atomic mass is 32.2. The second-order valence-corrected chi connectivity index (χ2v) is 6.85. The van der Waals surface area contributed by atoms with Gasteiger partial charge in [0.05, 0.1) is 6.61 Å². The van der Waals surface area contributed by atoms with Crippen LogP contribution < -0.4 is 15.2 Å². The molecule has 1 saturated carbocycles. The van der Waals surface area contributed by atoms with E-state index in [9.17, 15) is 4.39 Å². The first-order valence-corrected chi connectivity index (χ1v) is 10.7. The molecule has 6 heteroatoms. The van der Waals surface area contributed by atoms with Gasteiger partial charge in [0.1, 0.15) is 0 Å². The van der Waals surface area contributed by atoms with Crippen molar-refractivity contribution < 1.29 is 14.2 Å². The summed E-state index contributed by atoms with van der Waals surface area (Å²) in [4.78, 5) is 0. The third-order valence-electron chi connectivity index (χ3n) is 3.81. The van der Waals surface area contributed by atoms with Crippen molar-refractivity contribution in [3.63, 3.8) is 0 Å². The molecule has 0 saturated heterocycles. The number of rotatable bonds is 12. The summed E-state index contributed by atoms with van der Waals surface area (Å²) in [6.45, 7) is 6.12. The highest BCUT2D eigenvalue weighted by Gasteiger charge is 2.20. The summed E-state index contributed by atoms with van der Waals surface area (Å²) in [5.74, 6) is 2.00. The molecule has 0 aliphatic heterocycles. The second kappa shape index (κ2) is 17.6. The van der Waals surface area contributed by atoms with Gasteiger partial charge in [-0.1, -0.05) is 51.1 Å². The Labute approximate surface area is 163 Å². The van der Waals surface area contributed by atoms with Crippen LogP contribution in [0.5, 0.6) is 5.75 Å². The summed E-state index contributed by atoms with van der Waals surface area (Å²) in [5.41, 5.74) is 6.51. The molecule has 0 radical (unpaired) electrons. The molecule has 1 fully saturated rings. The molecule has 4 nitrogen and oxygen atoms in total. The molecule has 0 atom stereocenters. The first-order chi connectivity index (χ1) is 12.8. The van der Waals surface area contributed by atoms with Gasteiger partial charge in [-0.15, -0.1) is 0 Å². The van der Waals surface area contributed by atoms with Gasteiger partial charge >= 0.3 is 0 Å². The molecule has 0 aromatic heterocycles. The van der Waals surface area contributed by atoms with Crippen molar-refractivity contribution in [3.8, 4) is 5.75 Å². The van der Waals surface area contributed by atoms with Crippen LogP contribution in [0.1, 0.15) is 57.9 Å². The number of aliphatic hydroxyl groups is 1. The first kappa shape index (κ1) is 25.2. The summed E-state index contributed by atoms with van der Waals surface area (Å²) >= 11 is 1.71. The van der Waals surface area contributed by atoms with Crippen LogP contribution in [-0.4, -0.2) is 31.1 Å². The quantitative estimate of drug-likeness (QED) is 0.363. The third-order valence-corrected chi connectivity index (χ3v) is 4.65. The normalized spacial score (nSPS) is 12.5. The predicted molar refractivity (Wildman–Crippen MR) is 111 cm³/mol. The van der Waals surface area contributed by atoms with Gasteiger partial charge in [-0.2, -0.15) is 0 Å². The molecule has 1 aliphatic rings. The van der Waals surface area contributed by atoms with Gasteiger partial charge in [-0.25, -0.2) is 4.39 Å². The Morgan fingerprint density at radius 2 is 1.96 bits per heavy atom. The molecule has 152 valence electrons. The maximum atomic E-state index is 13.7. The van der Waals surface area contributed by atoms with Crippen LogP contribution in [0.15, 0.2) is 18.2 Å². The van der Waals surface area contributed by atoms with Crippen molar-refractivity contribution in [2.24, 2.45) is 11.7 Å². The molecule has 4 N–H and O–H groups in total. The van der Waals surface area contributed by atoms with Crippen molar-refractivity contribution in [1.29, 1.82) is 0 Å². The summed E-state index contributed by atoms with van der Waals surface area (Å²) in [6.07, 6.45) is 7.10. The number of halogens is 1. The van der Waals surface area contributed by atoms with E-state index in [0.717, 1.165) is 50.3 Å². The second-order valence-electron chi connectivity index (χ2n) is 5.86. The zero-order chi connectivity index (χ0) is 19.6. The SMILES string of the molecule is CC.CO.NCCCCCSNCc1ccc(F)c(OCCC2CC2)c1. The Morgan fingerprint density at radius 1 is 1.23 bits per heavy atom. The molecule has 1 aliphatic carbocycles. The first-order valence-electron chi connectivity index (χ1n) is 9.70. The van der Waals surface area contributed by atoms with Gasteiger partial charge in [0.25, 0.3) is 0 Å². The topological polar surface area (TPSA) is 67.5 Å². The van der Waals surface area contributed by atoms with Gasteiger partial charge < -0.3 is 15.6 Å². The fourth-order valence-electron chi connectivity index (χ4n) is 2.21. The van der Waals surface area contributed by atoms with Gasteiger partial charge in [0, 0.05) is 19.4 Å². The van der Waals surface area contributed by atoms with E-state index in [1.54, 1.807) is 11.9 Å². The van der Waals surface area contributed by atoms with E-state index in [0.29, 0.717) is 12.4 Å². The number of hydrogen-bond donors (Lipinski definition) is 3. The van der Waals surface area contributed by atoms with Crippen LogP contribution in [0.4, 0.5) is 4.39 Å². The van der Waals surface area contributed by atoms with E-state index >= 15 is 0 Å². The van der Waals surface area contributed by atoms with Crippen LogP contribution >= 0.6 is 11.9 Å². The van der Waals surface area contributed by atoms with Crippen molar-refractivity contribution in [1.82, 2.24) is 4.72 Å². The Hall–Kier alpha value is -0.820. The summed E-state index contributed by atoms with van der Waals surface area (Å²) in [7, 11) is 1.00.